The molecular weight excluding hydrogens is 968 g/mol. The number of nitrogens with one attached hydrogen (secondary N) is 1. The quantitative estimate of drug-likeness (QED) is 0.120. The molecule has 27 heteroatoms. The maximum absolute atomic E-state index is 12.9. The summed E-state index contributed by atoms with van der Waals surface area (Å²) in [5.74, 6) is -3.64. The van der Waals surface area contributed by atoms with Crippen LogP contribution in [0.1, 0.15) is 97.0 Å². The molecule has 4 atom stereocenters. The van der Waals surface area contributed by atoms with Crippen molar-refractivity contribution < 1.29 is 78.1 Å². The number of carboxylic acids is 1. The molecule has 68 heavy (non-hydrogen) atoms. The first kappa shape index (κ1) is 59.1. The van der Waals surface area contributed by atoms with Gasteiger partial charge in [0.2, 0.25) is 20.3 Å². The number of aromatic nitrogens is 4. The molecule has 4 rings (SSSR count). The SMILES string of the molecule is CC(C)C[C@@H](/C=C/C(=O)N(C)c1nnc(C(F)(F)F)s1)CC(=O)[C@@H]1CCN1.CC(C)C[C@@H](/C=C/C(=O)N(C)c1nnc(C(F)(F)F)s1)CC(=O)[C@@H]1CCN1C(=O)OC(C)(C)C.O=C(O)C(F)(F)F. The number of nitrogens with zero attached hydrogens (tertiary/aromatic N) is 7. The Labute approximate surface area is 394 Å². The number of allylic oxidation sites excluding steroid dienone is 2. The third-order valence-corrected chi connectivity index (χ3v) is 11.6. The minimum Gasteiger partial charge on any atom is -0.475 e. The molecule has 2 aromatic rings. The molecule has 0 aromatic carbocycles. The molecule has 2 aromatic heterocycles. The van der Waals surface area contributed by atoms with E-state index < -0.39 is 64.1 Å². The molecule has 2 fully saturated rings. The zero-order valence-corrected chi connectivity index (χ0v) is 40.2. The van der Waals surface area contributed by atoms with Crippen LogP contribution in [0.2, 0.25) is 0 Å². The van der Waals surface area contributed by atoms with Crippen LogP contribution in [-0.2, 0) is 41.1 Å². The summed E-state index contributed by atoms with van der Waals surface area (Å²) in [6.07, 6.45) is -5.83. The highest BCUT2D eigenvalue weighted by Crippen LogP contribution is 2.35. The van der Waals surface area contributed by atoms with Gasteiger partial charge < -0.3 is 15.2 Å². The highest BCUT2D eigenvalue weighted by atomic mass is 32.1. The predicted octanol–water partition coefficient (Wildman–Crippen LogP) is 8.40. The molecular formula is C41H55F9N8O8S2. The van der Waals surface area contributed by atoms with Crippen molar-refractivity contribution in [3.63, 3.8) is 0 Å². The number of rotatable bonds is 16. The molecule has 0 saturated carbocycles. The van der Waals surface area contributed by atoms with Crippen molar-refractivity contribution in [1.29, 1.82) is 0 Å². The number of Topliss-reactive ketones (excluding diaryl/α,β-unsaturated/α-hetero) is 2. The van der Waals surface area contributed by atoms with Crippen LogP contribution in [0, 0.1) is 23.7 Å². The molecule has 0 radical (unpaired) electrons. The van der Waals surface area contributed by atoms with E-state index in [4.69, 9.17) is 14.6 Å². The monoisotopic (exact) mass is 1020 g/mol. The number of likely N-dealkylation sites (N-methyl/N-ethyl adjacent to an activating group) is 2. The summed E-state index contributed by atoms with van der Waals surface area (Å²) < 4.78 is 113. The Balaban J connectivity index is 0.000000416. The number of likely N-dealkylation sites (tertiary alicyclic amines) is 1. The van der Waals surface area contributed by atoms with Crippen LogP contribution < -0.4 is 15.1 Å². The fourth-order valence-corrected chi connectivity index (χ4v) is 7.43. The van der Waals surface area contributed by atoms with Crippen LogP contribution in [0.15, 0.2) is 24.3 Å². The van der Waals surface area contributed by atoms with Crippen molar-refractivity contribution in [2.45, 2.75) is 123 Å². The van der Waals surface area contributed by atoms with Gasteiger partial charge in [0, 0.05) is 33.5 Å². The number of hydrogen-bond donors (Lipinski definition) is 2. The summed E-state index contributed by atoms with van der Waals surface area (Å²) in [6.45, 7) is 14.6. The first-order chi connectivity index (χ1) is 31.1. The van der Waals surface area contributed by atoms with E-state index in [0.29, 0.717) is 43.1 Å². The van der Waals surface area contributed by atoms with E-state index in [-0.39, 0.29) is 63.4 Å². The van der Waals surface area contributed by atoms with Crippen molar-refractivity contribution in [1.82, 2.24) is 30.6 Å². The van der Waals surface area contributed by atoms with Gasteiger partial charge in [-0.2, -0.15) is 39.5 Å². The minimum absolute atomic E-state index is 0.0996. The highest BCUT2D eigenvalue weighted by molar-refractivity contribution is 7.15. The van der Waals surface area contributed by atoms with Gasteiger partial charge in [0.15, 0.2) is 5.78 Å². The number of carbonyl (C=O) groups excluding carboxylic acids is 5. The molecule has 0 unspecified atom stereocenters. The number of alkyl halides is 9. The zero-order valence-electron chi connectivity index (χ0n) is 38.6. The van der Waals surface area contributed by atoms with Gasteiger partial charge in [-0.05, 0) is 88.8 Å². The van der Waals surface area contributed by atoms with Crippen LogP contribution >= 0.6 is 22.7 Å². The van der Waals surface area contributed by atoms with Crippen molar-refractivity contribution in [3.05, 3.63) is 34.3 Å². The maximum atomic E-state index is 12.9. The molecule has 2 aliphatic rings. The van der Waals surface area contributed by atoms with Crippen molar-refractivity contribution >= 4 is 68.4 Å². The Morgan fingerprint density at radius 2 is 1.13 bits per heavy atom. The number of ether oxygens (including phenoxy) is 1. The lowest BCUT2D eigenvalue weighted by Gasteiger charge is -2.40. The summed E-state index contributed by atoms with van der Waals surface area (Å²) in [5, 5.41) is 20.7. The van der Waals surface area contributed by atoms with Crippen LogP contribution in [0.5, 0.6) is 0 Å². The lowest BCUT2D eigenvalue weighted by Crippen LogP contribution is -2.56. The van der Waals surface area contributed by atoms with Gasteiger partial charge in [0.1, 0.15) is 11.4 Å². The number of hydrogen-bond acceptors (Lipinski definition) is 14. The molecule has 2 aliphatic heterocycles. The molecule has 0 aliphatic carbocycles. The molecule has 2 N–H and O–H groups in total. The largest absolute Gasteiger partial charge is 0.490 e. The van der Waals surface area contributed by atoms with Gasteiger partial charge in [-0.3, -0.25) is 33.9 Å². The summed E-state index contributed by atoms with van der Waals surface area (Å²) in [6, 6.07) is -0.660. The van der Waals surface area contributed by atoms with Gasteiger partial charge in [0.25, 0.3) is 11.8 Å². The summed E-state index contributed by atoms with van der Waals surface area (Å²) in [4.78, 5) is 74.5. The number of amides is 3. The number of carboxylic acid groups (broad SMARTS) is 1. The van der Waals surface area contributed by atoms with Crippen molar-refractivity contribution in [2.24, 2.45) is 23.7 Å². The Hall–Kier alpha value is -5.05. The Morgan fingerprint density at radius 3 is 1.41 bits per heavy atom. The average molecular weight is 1020 g/mol. The smallest absolute Gasteiger partial charge is 0.475 e. The number of carbonyl (C=O) groups is 6. The van der Waals surface area contributed by atoms with E-state index in [1.54, 1.807) is 32.9 Å². The topological polar surface area (TPSA) is 205 Å². The van der Waals surface area contributed by atoms with E-state index in [9.17, 15) is 63.5 Å². The molecule has 16 nitrogen and oxygen atoms in total. The van der Waals surface area contributed by atoms with Gasteiger partial charge in [-0.25, -0.2) is 9.59 Å². The van der Waals surface area contributed by atoms with Gasteiger partial charge in [-0.1, -0.05) is 62.5 Å². The van der Waals surface area contributed by atoms with E-state index in [0.717, 1.165) is 29.2 Å². The van der Waals surface area contributed by atoms with E-state index in [1.807, 2.05) is 27.7 Å². The third kappa shape index (κ3) is 19.9. The van der Waals surface area contributed by atoms with E-state index in [1.165, 1.54) is 31.1 Å². The molecule has 2 saturated heterocycles. The number of anilines is 2. The first-order valence-electron chi connectivity index (χ1n) is 20.9. The van der Waals surface area contributed by atoms with Crippen molar-refractivity contribution in [2.75, 3.05) is 37.0 Å². The van der Waals surface area contributed by atoms with E-state index in [2.05, 4.69) is 25.7 Å². The molecule has 0 spiro atoms. The van der Waals surface area contributed by atoms with Gasteiger partial charge >= 0.3 is 30.6 Å². The van der Waals surface area contributed by atoms with Crippen LogP contribution in [-0.4, -0.2) is 117 Å². The number of aliphatic carboxylic acids is 1. The number of halogens is 9. The Morgan fingerprint density at radius 1 is 0.735 bits per heavy atom. The van der Waals surface area contributed by atoms with Crippen LogP contribution in [0.4, 0.5) is 54.6 Å². The maximum Gasteiger partial charge on any atom is 0.490 e. The molecule has 382 valence electrons. The highest BCUT2D eigenvalue weighted by Gasteiger charge is 2.41. The second-order valence-electron chi connectivity index (χ2n) is 17.5. The first-order valence-corrected chi connectivity index (χ1v) is 22.6. The third-order valence-electron chi connectivity index (χ3n) is 9.52. The average Bonchev–Trinajstić information content (AvgIpc) is 3.85. The molecule has 4 heterocycles. The molecule has 0 bridgehead atoms. The van der Waals surface area contributed by atoms with Gasteiger partial charge in [-0.15, -0.1) is 20.4 Å². The lowest BCUT2D eigenvalue weighted by molar-refractivity contribution is -0.192. The van der Waals surface area contributed by atoms with Crippen LogP contribution in [0.25, 0.3) is 0 Å². The zero-order chi connectivity index (χ0) is 52.1. The Bertz CT molecular complexity index is 2100. The minimum atomic E-state index is -5.08. The summed E-state index contributed by atoms with van der Waals surface area (Å²) in [5.41, 5.74) is -0.663. The van der Waals surface area contributed by atoms with E-state index >= 15 is 0 Å². The molecule has 3 amide bonds. The second kappa shape index (κ2) is 25.0. The van der Waals surface area contributed by atoms with Crippen LogP contribution in [0.3, 0.4) is 0 Å². The normalized spacial score (nSPS) is 17.3. The predicted molar refractivity (Wildman–Crippen MR) is 232 cm³/mol. The standard InChI is InChI=1S/C22H31F3N4O4S.C17H23F3N4O2S.C2HF3O2/c1-13(2)11-14(12-16(30)15-9-10-29(15)20(32)33-21(3,4)5)7-8-17(31)28(6)19-27-26-18(34-19)22(23,24)25;1-10(2)8-11(9-13(25)12-6-7-21-12)4-5-14(26)24(3)16-23-22-15(27-16)17(18,19)20;3-2(4,5)1(6)7/h7-8,13-15H,9-12H2,1-6H3;4-5,10-12,21H,6-9H2,1-3H3;(H,6,7)/b8-7+;5-4+;/t14-,15+;11-,12+;/m11./s1. The van der Waals surface area contributed by atoms with Gasteiger partial charge in [0.05, 0.1) is 12.1 Å². The Kier molecular flexibility index (Phi) is 21.7. The van der Waals surface area contributed by atoms with Crippen molar-refractivity contribution in [3.8, 4) is 0 Å². The summed E-state index contributed by atoms with van der Waals surface area (Å²) in [7, 11) is 2.65. The summed E-state index contributed by atoms with van der Waals surface area (Å²) >= 11 is 0.581. The number of ketones is 2. The fourth-order valence-electron chi connectivity index (χ4n) is 6.07. The second-order valence-corrected chi connectivity index (χ2v) is 19.4. The fraction of sp³-hybridized carbons (Fsp3) is 0.659. The lowest BCUT2D eigenvalue weighted by atomic mass is 9.87.